The first-order valence-corrected chi connectivity index (χ1v) is 5.17. The summed E-state index contributed by atoms with van der Waals surface area (Å²) in [4.78, 5) is 6.33. The number of hydrogen-bond donors (Lipinski definition) is 1. The Morgan fingerprint density at radius 3 is 2.67 bits per heavy atom. The number of aliphatic hydroxyl groups excluding tert-OH is 1. The van der Waals surface area contributed by atoms with E-state index in [4.69, 9.17) is 9.84 Å². The van der Waals surface area contributed by atoms with Crippen molar-refractivity contribution in [3.05, 3.63) is 18.3 Å². The fourth-order valence-corrected chi connectivity index (χ4v) is 1.41. The molecule has 0 bridgehead atoms. The van der Waals surface area contributed by atoms with Crippen LogP contribution in [0.3, 0.4) is 0 Å². The molecule has 1 aromatic rings. The average Bonchev–Trinajstić information content (AvgIpc) is 2.29. The molecule has 4 heteroatoms. The van der Waals surface area contributed by atoms with Crippen LogP contribution in [-0.2, 0) is 0 Å². The zero-order valence-corrected chi connectivity index (χ0v) is 9.31. The highest BCUT2D eigenvalue weighted by Crippen LogP contribution is 2.15. The van der Waals surface area contributed by atoms with E-state index in [-0.39, 0.29) is 6.61 Å². The molecule has 1 N–H and O–H groups in total. The lowest BCUT2D eigenvalue weighted by atomic mass is 10.3. The van der Waals surface area contributed by atoms with Crippen LogP contribution in [0.4, 0.5) is 5.82 Å². The monoisotopic (exact) mass is 210 g/mol. The van der Waals surface area contributed by atoms with Crippen LogP contribution >= 0.6 is 0 Å². The van der Waals surface area contributed by atoms with Gasteiger partial charge in [0.05, 0.1) is 19.9 Å². The number of hydrogen-bond acceptors (Lipinski definition) is 4. The van der Waals surface area contributed by atoms with Crippen molar-refractivity contribution in [1.82, 2.24) is 4.98 Å². The maximum atomic E-state index is 8.93. The second-order valence-electron chi connectivity index (χ2n) is 3.27. The smallest absolute Gasteiger partial charge is 0.137 e. The molecule has 4 nitrogen and oxygen atoms in total. The van der Waals surface area contributed by atoms with Crippen LogP contribution in [0.25, 0.3) is 0 Å². The van der Waals surface area contributed by atoms with Crippen LogP contribution in [0.1, 0.15) is 13.3 Å². The van der Waals surface area contributed by atoms with Gasteiger partial charge in [0.1, 0.15) is 11.6 Å². The van der Waals surface area contributed by atoms with E-state index in [1.54, 1.807) is 13.3 Å². The summed E-state index contributed by atoms with van der Waals surface area (Å²) in [6.07, 6.45) is 2.73. The Morgan fingerprint density at radius 2 is 2.20 bits per heavy atom. The van der Waals surface area contributed by atoms with Gasteiger partial charge in [0.15, 0.2) is 0 Å². The molecule has 0 spiro atoms. The minimum Gasteiger partial charge on any atom is -0.495 e. The standard InChI is InChI=1S/C11H18N2O2/c1-3-6-13(7-8-14)11-5-4-10(15-2)9-12-11/h4-5,9,14H,3,6-8H2,1-2H3. The van der Waals surface area contributed by atoms with Gasteiger partial charge in [0, 0.05) is 13.1 Å². The first-order valence-electron chi connectivity index (χ1n) is 5.17. The molecule has 0 radical (unpaired) electrons. The first-order chi connectivity index (χ1) is 7.31. The van der Waals surface area contributed by atoms with Gasteiger partial charge in [0.25, 0.3) is 0 Å². The third-order valence-corrected chi connectivity index (χ3v) is 2.14. The lowest BCUT2D eigenvalue weighted by Gasteiger charge is -2.21. The molecule has 1 heterocycles. The number of anilines is 1. The number of aromatic nitrogens is 1. The predicted octanol–water partition coefficient (Wildman–Crippen LogP) is 1.30. The summed E-state index contributed by atoms with van der Waals surface area (Å²) in [6, 6.07) is 3.78. The number of methoxy groups -OCH3 is 1. The highest BCUT2D eigenvalue weighted by molar-refractivity contribution is 5.40. The molecule has 0 saturated heterocycles. The number of rotatable bonds is 6. The molecule has 0 aliphatic heterocycles. The van der Waals surface area contributed by atoms with Gasteiger partial charge in [-0.2, -0.15) is 0 Å². The summed E-state index contributed by atoms with van der Waals surface area (Å²) in [5, 5.41) is 8.93. The van der Waals surface area contributed by atoms with E-state index in [0.717, 1.165) is 24.5 Å². The summed E-state index contributed by atoms with van der Waals surface area (Å²) in [6.45, 7) is 3.77. The van der Waals surface area contributed by atoms with Gasteiger partial charge < -0.3 is 14.7 Å². The van der Waals surface area contributed by atoms with Gasteiger partial charge in [-0.15, -0.1) is 0 Å². The van der Waals surface area contributed by atoms with Crippen LogP contribution in [0, 0.1) is 0 Å². The van der Waals surface area contributed by atoms with Crippen molar-refractivity contribution < 1.29 is 9.84 Å². The molecule has 0 atom stereocenters. The highest BCUT2D eigenvalue weighted by atomic mass is 16.5. The second-order valence-corrected chi connectivity index (χ2v) is 3.27. The highest BCUT2D eigenvalue weighted by Gasteiger charge is 2.05. The van der Waals surface area contributed by atoms with Gasteiger partial charge in [-0.3, -0.25) is 0 Å². The van der Waals surface area contributed by atoms with Gasteiger partial charge >= 0.3 is 0 Å². The molecule has 0 aromatic carbocycles. The maximum Gasteiger partial charge on any atom is 0.137 e. The number of nitrogens with zero attached hydrogens (tertiary/aromatic N) is 2. The molecule has 0 fully saturated rings. The largest absolute Gasteiger partial charge is 0.495 e. The van der Waals surface area contributed by atoms with Crippen LogP contribution in [0.5, 0.6) is 5.75 Å². The van der Waals surface area contributed by atoms with Crippen molar-refractivity contribution in [1.29, 1.82) is 0 Å². The fourth-order valence-electron chi connectivity index (χ4n) is 1.41. The normalized spacial score (nSPS) is 10.1. The van der Waals surface area contributed by atoms with E-state index in [1.807, 2.05) is 12.1 Å². The summed E-state index contributed by atoms with van der Waals surface area (Å²) >= 11 is 0. The number of aliphatic hydroxyl groups is 1. The van der Waals surface area contributed by atoms with Crippen LogP contribution in [-0.4, -0.2) is 36.9 Å². The lowest BCUT2D eigenvalue weighted by molar-refractivity contribution is 0.301. The third-order valence-electron chi connectivity index (χ3n) is 2.14. The Bertz CT molecular complexity index is 268. The lowest BCUT2D eigenvalue weighted by Crippen LogP contribution is -2.28. The molecular weight excluding hydrogens is 192 g/mol. The van der Waals surface area contributed by atoms with Gasteiger partial charge in [0.2, 0.25) is 0 Å². The molecule has 1 aromatic heterocycles. The molecular formula is C11H18N2O2. The molecule has 0 aliphatic rings. The average molecular weight is 210 g/mol. The quantitative estimate of drug-likeness (QED) is 0.768. The second kappa shape index (κ2) is 6.24. The van der Waals surface area contributed by atoms with Gasteiger partial charge in [-0.1, -0.05) is 6.92 Å². The minimum atomic E-state index is 0.147. The zero-order chi connectivity index (χ0) is 11.1. The molecule has 0 saturated carbocycles. The van der Waals surface area contributed by atoms with Gasteiger partial charge in [-0.25, -0.2) is 4.98 Å². The van der Waals surface area contributed by atoms with Crippen LogP contribution < -0.4 is 9.64 Å². The van der Waals surface area contributed by atoms with Crippen molar-refractivity contribution in [3.8, 4) is 5.75 Å². The van der Waals surface area contributed by atoms with Gasteiger partial charge in [-0.05, 0) is 18.6 Å². The van der Waals surface area contributed by atoms with Crippen molar-refractivity contribution >= 4 is 5.82 Å². The fraction of sp³-hybridized carbons (Fsp3) is 0.545. The van der Waals surface area contributed by atoms with Crippen LogP contribution in [0.15, 0.2) is 18.3 Å². The van der Waals surface area contributed by atoms with E-state index in [1.165, 1.54) is 0 Å². The summed E-state index contributed by atoms with van der Waals surface area (Å²) < 4.78 is 5.04. The summed E-state index contributed by atoms with van der Waals surface area (Å²) in [5.41, 5.74) is 0. The molecule has 0 amide bonds. The van der Waals surface area contributed by atoms with E-state index in [2.05, 4.69) is 16.8 Å². The van der Waals surface area contributed by atoms with E-state index < -0.39 is 0 Å². The zero-order valence-electron chi connectivity index (χ0n) is 9.31. The maximum absolute atomic E-state index is 8.93. The Balaban J connectivity index is 2.72. The SMILES string of the molecule is CCCN(CCO)c1ccc(OC)cn1. The van der Waals surface area contributed by atoms with Crippen LogP contribution in [0.2, 0.25) is 0 Å². The minimum absolute atomic E-state index is 0.147. The topological polar surface area (TPSA) is 45.6 Å². The summed E-state index contributed by atoms with van der Waals surface area (Å²) in [7, 11) is 1.62. The molecule has 1 rings (SSSR count). The van der Waals surface area contributed by atoms with E-state index >= 15 is 0 Å². The van der Waals surface area contributed by atoms with Crippen molar-refractivity contribution in [3.63, 3.8) is 0 Å². The predicted molar refractivity (Wildman–Crippen MR) is 60.4 cm³/mol. The van der Waals surface area contributed by atoms with Crippen molar-refractivity contribution in [2.75, 3.05) is 31.7 Å². The first kappa shape index (κ1) is 11.8. The molecule has 84 valence electrons. The Kier molecular flexibility index (Phi) is 4.90. The molecule has 0 unspecified atom stereocenters. The van der Waals surface area contributed by atoms with E-state index in [9.17, 15) is 0 Å². The number of ether oxygens (including phenoxy) is 1. The van der Waals surface area contributed by atoms with Crippen molar-refractivity contribution in [2.24, 2.45) is 0 Å². The Labute approximate surface area is 90.5 Å². The molecule has 0 aliphatic carbocycles. The Morgan fingerprint density at radius 1 is 1.40 bits per heavy atom. The summed E-state index contributed by atoms with van der Waals surface area (Å²) in [5.74, 6) is 1.63. The number of pyridine rings is 1. The van der Waals surface area contributed by atoms with Crippen molar-refractivity contribution in [2.45, 2.75) is 13.3 Å². The third kappa shape index (κ3) is 3.40. The Hall–Kier alpha value is -1.29. The molecule has 15 heavy (non-hydrogen) atoms. The van der Waals surface area contributed by atoms with E-state index in [0.29, 0.717) is 6.54 Å².